The number of thiazole rings is 1. The number of pyridine rings is 1. The summed E-state index contributed by atoms with van der Waals surface area (Å²) < 4.78 is 5.03. The molecule has 0 bridgehead atoms. The van der Waals surface area contributed by atoms with Gasteiger partial charge in [-0.05, 0) is 19.1 Å². The molecule has 2 rings (SSSR count). The molecule has 0 aromatic carbocycles. The average Bonchev–Trinajstić information content (AvgIpc) is 2.86. The molecule has 2 heterocycles. The van der Waals surface area contributed by atoms with Crippen molar-refractivity contribution in [3.63, 3.8) is 0 Å². The van der Waals surface area contributed by atoms with Crippen LogP contribution in [0.25, 0.3) is 0 Å². The average molecular weight is 306 g/mol. The fourth-order valence-electron chi connectivity index (χ4n) is 1.92. The molecule has 114 valence electrons. The molecule has 0 atom stereocenters. The van der Waals surface area contributed by atoms with Crippen LogP contribution in [0.2, 0.25) is 0 Å². The highest BCUT2D eigenvalue weighted by atomic mass is 32.1. The van der Waals surface area contributed by atoms with Crippen molar-refractivity contribution >= 4 is 16.5 Å². The molecule has 21 heavy (non-hydrogen) atoms. The van der Waals surface area contributed by atoms with Gasteiger partial charge in [0.25, 0.3) is 0 Å². The summed E-state index contributed by atoms with van der Waals surface area (Å²) in [7, 11) is 3.76. The minimum absolute atomic E-state index is 0.726. The van der Waals surface area contributed by atoms with Gasteiger partial charge in [-0.1, -0.05) is 6.07 Å². The van der Waals surface area contributed by atoms with Crippen LogP contribution in [0.3, 0.4) is 0 Å². The van der Waals surface area contributed by atoms with Crippen LogP contribution >= 0.6 is 11.3 Å². The Morgan fingerprint density at radius 2 is 2.24 bits per heavy atom. The SMILES string of the molecule is COCCNCc1sc(N(C)Cc2ccccn2)nc1C. The molecule has 0 amide bonds. The Balaban J connectivity index is 1.94. The van der Waals surface area contributed by atoms with Crippen molar-refractivity contribution in [2.24, 2.45) is 0 Å². The van der Waals surface area contributed by atoms with Crippen LogP contribution in [0, 0.1) is 6.92 Å². The first kappa shape index (κ1) is 15.9. The quantitative estimate of drug-likeness (QED) is 0.758. The Morgan fingerprint density at radius 3 is 2.95 bits per heavy atom. The van der Waals surface area contributed by atoms with Gasteiger partial charge in [0, 0.05) is 38.3 Å². The molecule has 0 unspecified atom stereocenters. The van der Waals surface area contributed by atoms with Gasteiger partial charge in [-0.3, -0.25) is 4.98 Å². The van der Waals surface area contributed by atoms with Crippen molar-refractivity contribution in [1.29, 1.82) is 0 Å². The molecule has 5 nitrogen and oxygen atoms in total. The molecule has 0 aliphatic heterocycles. The third-order valence-corrected chi connectivity index (χ3v) is 4.37. The minimum Gasteiger partial charge on any atom is -0.383 e. The third kappa shape index (κ3) is 4.77. The number of rotatable bonds is 8. The van der Waals surface area contributed by atoms with E-state index in [-0.39, 0.29) is 0 Å². The molecule has 0 saturated heterocycles. The molecule has 6 heteroatoms. The number of nitrogens with zero attached hydrogens (tertiary/aromatic N) is 3. The maximum absolute atomic E-state index is 5.03. The second-order valence-corrected chi connectivity index (χ2v) is 5.91. The Kier molecular flexibility index (Phi) is 6.10. The van der Waals surface area contributed by atoms with Crippen molar-refractivity contribution in [2.75, 3.05) is 32.2 Å². The molecule has 0 saturated carbocycles. The topological polar surface area (TPSA) is 50.3 Å². The van der Waals surface area contributed by atoms with Crippen LogP contribution < -0.4 is 10.2 Å². The van der Waals surface area contributed by atoms with Crippen LogP contribution in [-0.4, -0.2) is 37.3 Å². The molecule has 1 N–H and O–H groups in total. The number of ether oxygens (including phenoxy) is 1. The van der Waals surface area contributed by atoms with Gasteiger partial charge in [-0.2, -0.15) is 0 Å². The smallest absolute Gasteiger partial charge is 0.185 e. The van der Waals surface area contributed by atoms with E-state index in [0.29, 0.717) is 0 Å². The summed E-state index contributed by atoms with van der Waals surface area (Å²) in [5.74, 6) is 0. The molecule has 0 radical (unpaired) electrons. The van der Waals surface area contributed by atoms with Gasteiger partial charge in [0.2, 0.25) is 0 Å². The molecule has 2 aromatic heterocycles. The van der Waals surface area contributed by atoms with Crippen molar-refractivity contribution in [2.45, 2.75) is 20.0 Å². The van der Waals surface area contributed by atoms with Crippen molar-refractivity contribution in [3.8, 4) is 0 Å². The predicted molar refractivity (Wildman–Crippen MR) is 86.8 cm³/mol. The number of aromatic nitrogens is 2. The molecular weight excluding hydrogens is 284 g/mol. The predicted octanol–water partition coefficient (Wildman–Crippen LogP) is 2.22. The summed E-state index contributed by atoms with van der Waals surface area (Å²) in [5.41, 5.74) is 2.14. The number of nitrogens with one attached hydrogen (secondary N) is 1. The van der Waals surface area contributed by atoms with Gasteiger partial charge in [-0.25, -0.2) is 4.98 Å². The zero-order valence-electron chi connectivity index (χ0n) is 12.8. The van der Waals surface area contributed by atoms with Crippen LogP contribution in [0.15, 0.2) is 24.4 Å². The summed E-state index contributed by atoms with van der Waals surface area (Å²) >= 11 is 1.73. The number of methoxy groups -OCH3 is 1. The summed E-state index contributed by atoms with van der Waals surface area (Å²) in [5, 5.41) is 4.39. The Bertz CT molecular complexity index is 544. The molecule has 2 aromatic rings. The van der Waals surface area contributed by atoms with Crippen molar-refractivity contribution < 1.29 is 4.74 Å². The van der Waals surface area contributed by atoms with Gasteiger partial charge in [0.15, 0.2) is 5.13 Å². The van der Waals surface area contributed by atoms with E-state index < -0.39 is 0 Å². The zero-order valence-corrected chi connectivity index (χ0v) is 13.6. The van der Waals surface area contributed by atoms with Gasteiger partial charge >= 0.3 is 0 Å². The highest BCUT2D eigenvalue weighted by Gasteiger charge is 2.11. The third-order valence-electron chi connectivity index (χ3n) is 3.10. The largest absolute Gasteiger partial charge is 0.383 e. The van der Waals surface area contributed by atoms with E-state index >= 15 is 0 Å². The number of hydrogen-bond donors (Lipinski definition) is 1. The van der Waals surface area contributed by atoms with Gasteiger partial charge in [-0.15, -0.1) is 11.3 Å². The molecule has 0 aliphatic carbocycles. The van der Waals surface area contributed by atoms with Crippen LogP contribution in [0.4, 0.5) is 5.13 Å². The second kappa shape index (κ2) is 8.07. The Hall–Kier alpha value is -1.50. The zero-order chi connectivity index (χ0) is 15.1. The van der Waals surface area contributed by atoms with Crippen LogP contribution in [0.1, 0.15) is 16.3 Å². The fraction of sp³-hybridized carbons (Fsp3) is 0.467. The summed E-state index contributed by atoms with van der Waals surface area (Å²) in [6.07, 6.45) is 1.82. The van der Waals surface area contributed by atoms with Gasteiger partial charge in [0.05, 0.1) is 24.5 Å². The first-order valence-electron chi connectivity index (χ1n) is 6.97. The molecule has 0 aliphatic rings. The van der Waals surface area contributed by atoms with Crippen LogP contribution in [-0.2, 0) is 17.8 Å². The van der Waals surface area contributed by atoms with Crippen LogP contribution in [0.5, 0.6) is 0 Å². The fourth-order valence-corrected chi connectivity index (χ4v) is 2.91. The van der Waals surface area contributed by atoms with E-state index in [0.717, 1.165) is 42.8 Å². The highest BCUT2D eigenvalue weighted by Crippen LogP contribution is 2.25. The number of hydrogen-bond acceptors (Lipinski definition) is 6. The van der Waals surface area contributed by atoms with Crippen molar-refractivity contribution in [3.05, 3.63) is 40.7 Å². The van der Waals surface area contributed by atoms with Gasteiger partial charge in [0.1, 0.15) is 0 Å². The first-order valence-corrected chi connectivity index (χ1v) is 7.79. The van der Waals surface area contributed by atoms with E-state index in [1.807, 2.05) is 24.4 Å². The van der Waals surface area contributed by atoms with Crippen molar-refractivity contribution in [1.82, 2.24) is 15.3 Å². The lowest BCUT2D eigenvalue weighted by Crippen LogP contribution is -2.18. The lowest BCUT2D eigenvalue weighted by molar-refractivity contribution is 0.199. The summed E-state index contributed by atoms with van der Waals surface area (Å²) in [4.78, 5) is 12.4. The van der Waals surface area contributed by atoms with Gasteiger partial charge < -0.3 is 15.0 Å². The van der Waals surface area contributed by atoms with E-state index in [1.165, 1.54) is 4.88 Å². The number of anilines is 1. The molecule has 0 spiro atoms. The Labute approximate surface area is 130 Å². The number of aryl methyl sites for hydroxylation is 1. The monoisotopic (exact) mass is 306 g/mol. The lowest BCUT2D eigenvalue weighted by Gasteiger charge is -2.14. The maximum atomic E-state index is 5.03. The molecule has 0 fully saturated rings. The summed E-state index contributed by atoms with van der Waals surface area (Å²) in [6, 6.07) is 5.97. The normalized spacial score (nSPS) is 10.8. The summed E-state index contributed by atoms with van der Waals surface area (Å²) in [6.45, 7) is 5.24. The van der Waals surface area contributed by atoms with E-state index in [1.54, 1.807) is 18.4 Å². The standard InChI is InChI=1S/C15H22N4OS/c1-12-14(10-16-8-9-20-3)21-15(18-12)19(2)11-13-6-4-5-7-17-13/h4-7,16H,8-11H2,1-3H3. The maximum Gasteiger partial charge on any atom is 0.185 e. The lowest BCUT2D eigenvalue weighted by atomic mass is 10.3. The van der Waals surface area contributed by atoms with E-state index in [9.17, 15) is 0 Å². The Morgan fingerprint density at radius 1 is 1.38 bits per heavy atom. The highest BCUT2D eigenvalue weighted by molar-refractivity contribution is 7.15. The minimum atomic E-state index is 0.726. The first-order chi connectivity index (χ1) is 10.2. The second-order valence-electron chi connectivity index (χ2n) is 4.85. The van der Waals surface area contributed by atoms with E-state index in [4.69, 9.17) is 4.74 Å². The molecular formula is C15H22N4OS. The van der Waals surface area contributed by atoms with E-state index in [2.05, 4.69) is 34.2 Å².